The molecule has 0 bridgehead atoms. The fraction of sp³-hybridized carbons (Fsp3) is 0.350. The lowest BCUT2D eigenvalue weighted by atomic mass is 9.85. The Kier molecular flexibility index (Phi) is 6.45. The van der Waals surface area contributed by atoms with Crippen LogP contribution in [-0.2, 0) is 16.0 Å². The first-order valence-corrected chi connectivity index (χ1v) is 10.9. The van der Waals surface area contributed by atoms with Gasteiger partial charge in [-0.05, 0) is 61.2 Å². The number of sulfone groups is 1. The third-order valence-corrected chi connectivity index (χ3v) is 7.20. The van der Waals surface area contributed by atoms with Crippen molar-refractivity contribution in [3.05, 3.63) is 59.7 Å². The number of benzene rings is 2. The smallest absolute Gasteiger partial charge is 0.406 e. The summed E-state index contributed by atoms with van der Waals surface area (Å²) in [4.78, 5) is 11.7. The van der Waals surface area contributed by atoms with E-state index in [1.54, 1.807) is 0 Å². The molecular weight excluding hydrogens is 464 g/mol. The van der Waals surface area contributed by atoms with Gasteiger partial charge in [-0.3, -0.25) is 4.79 Å². The number of ether oxygens (including phenoxy) is 1. The van der Waals surface area contributed by atoms with Crippen LogP contribution in [0.1, 0.15) is 28.8 Å². The van der Waals surface area contributed by atoms with E-state index in [2.05, 4.69) is 10.1 Å². The van der Waals surface area contributed by atoms with Crippen LogP contribution in [0.5, 0.6) is 5.75 Å². The summed E-state index contributed by atoms with van der Waals surface area (Å²) in [6.07, 6.45) is -9.18. The predicted molar refractivity (Wildman–Crippen MR) is 101 cm³/mol. The van der Waals surface area contributed by atoms with Gasteiger partial charge in [-0.25, -0.2) is 8.42 Å². The normalized spacial score (nSPS) is 19.2. The number of halogens is 6. The number of carbonyl (C=O) groups excluding carboxylic acids is 1. The van der Waals surface area contributed by atoms with Crippen molar-refractivity contribution in [2.45, 2.75) is 35.5 Å². The van der Waals surface area contributed by atoms with Gasteiger partial charge in [-0.1, -0.05) is 6.07 Å². The zero-order valence-electron chi connectivity index (χ0n) is 16.2. The molecule has 0 aliphatic heterocycles. The van der Waals surface area contributed by atoms with Crippen LogP contribution < -0.4 is 10.1 Å². The van der Waals surface area contributed by atoms with Crippen molar-refractivity contribution in [2.24, 2.45) is 5.92 Å². The van der Waals surface area contributed by atoms with Gasteiger partial charge in [0.25, 0.3) is 5.91 Å². The second-order valence-corrected chi connectivity index (χ2v) is 9.54. The summed E-state index contributed by atoms with van der Waals surface area (Å²) in [5, 5.41) is 1.71. The van der Waals surface area contributed by atoms with Crippen molar-refractivity contribution in [1.82, 2.24) is 5.32 Å². The second-order valence-electron chi connectivity index (χ2n) is 7.31. The summed E-state index contributed by atoms with van der Waals surface area (Å²) in [5.74, 6) is -1.24. The molecule has 5 nitrogen and oxygen atoms in total. The highest BCUT2D eigenvalue weighted by Gasteiger charge is 2.40. The lowest BCUT2D eigenvalue weighted by molar-refractivity contribution is -0.274. The molecule has 0 radical (unpaired) electrons. The van der Waals surface area contributed by atoms with Gasteiger partial charge >= 0.3 is 12.5 Å². The number of nitrogens with one attached hydrogen (secondary N) is 1. The molecule has 1 fully saturated rings. The fourth-order valence-electron chi connectivity index (χ4n) is 3.28. The molecule has 0 aromatic heterocycles. The number of hydrogen-bond donors (Lipinski definition) is 1. The summed E-state index contributed by atoms with van der Waals surface area (Å²) in [7, 11) is -3.95. The maximum absolute atomic E-state index is 12.8. The van der Waals surface area contributed by atoms with E-state index >= 15 is 0 Å². The molecule has 1 aliphatic carbocycles. The quantitative estimate of drug-likeness (QED) is 0.613. The Morgan fingerprint density at radius 3 is 2.19 bits per heavy atom. The van der Waals surface area contributed by atoms with Crippen LogP contribution in [0.2, 0.25) is 0 Å². The van der Waals surface area contributed by atoms with Crippen LogP contribution in [0.15, 0.2) is 53.4 Å². The van der Waals surface area contributed by atoms with Crippen molar-refractivity contribution in [1.29, 1.82) is 0 Å². The highest BCUT2D eigenvalue weighted by Crippen LogP contribution is 2.37. The molecule has 3 rings (SSSR count). The highest BCUT2D eigenvalue weighted by atomic mass is 32.2. The standard InChI is InChI=1S/C20H17F6NO4S/c21-19(22,23)14-2-1-3-16(10-14)32(29,30)17-8-12(9-17)11-27-18(28)13-4-6-15(7-5-13)31-20(24,25)26/h1-7,10,12,17H,8-9,11H2,(H,27,28)/t12-,17-. The molecule has 2 aromatic rings. The molecule has 0 atom stereocenters. The average molecular weight is 481 g/mol. The van der Waals surface area contributed by atoms with E-state index in [0.717, 1.165) is 42.5 Å². The van der Waals surface area contributed by atoms with Crippen molar-refractivity contribution in [2.75, 3.05) is 6.54 Å². The van der Waals surface area contributed by atoms with E-state index in [0.29, 0.717) is 6.07 Å². The molecule has 0 spiro atoms. The lowest BCUT2D eigenvalue weighted by Crippen LogP contribution is -2.42. The van der Waals surface area contributed by atoms with Crippen LogP contribution in [0, 0.1) is 5.92 Å². The van der Waals surface area contributed by atoms with Crippen LogP contribution in [-0.4, -0.2) is 32.5 Å². The van der Waals surface area contributed by atoms with E-state index in [4.69, 9.17) is 0 Å². The number of hydrogen-bond acceptors (Lipinski definition) is 4. The Morgan fingerprint density at radius 1 is 1.00 bits per heavy atom. The molecule has 0 heterocycles. The molecule has 1 aliphatic rings. The molecule has 32 heavy (non-hydrogen) atoms. The molecule has 1 amide bonds. The third kappa shape index (κ3) is 5.72. The monoisotopic (exact) mass is 481 g/mol. The molecule has 2 aromatic carbocycles. The lowest BCUT2D eigenvalue weighted by Gasteiger charge is -2.35. The fourth-order valence-corrected chi connectivity index (χ4v) is 5.28. The summed E-state index contributed by atoms with van der Waals surface area (Å²) in [5.41, 5.74) is -0.958. The highest BCUT2D eigenvalue weighted by molar-refractivity contribution is 7.92. The molecule has 0 saturated heterocycles. The van der Waals surface area contributed by atoms with Crippen LogP contribution in [0.25, 0.3) is 0 Å². The maximum Gasteiger partial charge on any atom is 0.573 e. The zero-order valence-corrected chi connectivity index (χ0v) is 17.0. The SMILES string of the molecule is O=C(NC[C@H]1C[C@H](S(=O)(=O)c2cccc(C(F)(F)F)c2)C1)c1ccc(OC(F)(F)F)cc1. The van der Waals surface area contributed by atoms with E-state index in [1.165, 1.54) is 0 Å². The van der Waals surface area contributed by atoms with Crippen molar-refractivity contribution in [3.8, 4) is 5.75 Å². The average Bonchev–Trinajstić information content (AvgIpc) is 2.65. The Labute approximate surface area is 179 Å². The van der Waals surface area contributed by atoms with Crippen LogP contribution in [0.3, 0.4) is 0 Å². The molecule has 174 valence electrons. The van der Waals surface area contributed by atoms with Crippen LogP contribution in [0.4, 0.5) is 26.3 Å². The number of alkyl halides is 6. The minimum Gasteiger partial charge on any atom is -0.406 e. The van der Waals surface area contributed by atoms with Gasteiger partial charge in [-0.2, -0.15) is 13.2 Å². The molecule has 1 N–H and O–H groups in total. The molecule has 0 unspecified atom stereocenters. The maximum atomic E-state index is 12.8. The molecule has 1 saturated carbocycles. The summed E-state index contributed by atoms with van der Waals surface area (Å²) in [6, 6.07) is 7.84. The van der Waals surface area contributed by atoms with Gasteiger partial charge in [0.05, 0.1) is 15.7 Å². The largest absolute Gasteiger partial charge is 0.573 e. The molecule has 12 heteroatoms. The Bertz CT molecular complexity index is 1070. The second kappa shape index (κ2) is 8.64. The van der Waals surface area contributed by atoms with Crippen molar-refractivity contribution in [3.63, 3.8) is 0 Å². The minimum atomic E-state index is -4.85. The van der Waals surface area contributed by atoms with Gasteiger partial charge in [0.15, 0.2) is 9.84 Å². The molecular formula is C20H17F6NO4S. The number of carbonyl (C=O) groups is 1. The van der Waals surface area contributed by atoms with Gasteiger partial charge in [0.1, 0.15) is 5.75 Å². The van der Waals surface area contributed by atoms with Crippen molar-refractivity contribution < 1.29 is 44.3 Å². The zero-order chi connectivity index (χ0) is 23.7. The Balaban J connectivity index is 1.52. The Morgan fingerprint density at radius 2 is 1.62 bits per heavy atom. The number of rotatable bonds is 6. The first-order valence-electron chi connectivity index (χ1n) is 9.31. The topological polar surface area (TPSA) is 72.5 Å². The van der Waals surface area contributed by atoms with E-state index in [1.807, 2.05) is 0 Å². The van der Waals surface area contributed by atoms with Gasteiger partial charge in [0.2, 0.25) is 0 Å². The van der Waals surface area contributed by atoms with E-state index in [-0.39, 0.29) is 30.9 Å². The van der Waals surface area contributed by atoms with E-state index in [9.17, 15) is 39.6 Å². The van der Waals surface area contributed by atoms with Crippen molar-refractivity contribution >= 4 is 15.7 Å². The van der Waals surface area contributed by atoms with Crippen LogP contribution >= 0.6 is 0 Å². The summed E-state index contributed by atoms with van der Waals surface area (Å²) in [6.45, 7) is 0.119. The summed E-state index contributed by atoms with van der Waals surface area (Å²) < 4.78 is 104. The van der Waals surface area contributed by atoms with E-state index < -0.39 is 49.7 Å². The summed E-state index contributed by atoms with van der Waals surface area (Å²) >= 11 is 0. The first-order chi connectivity index (χ1) is 14.8. The predicted octanol–water partition coefficient (Wildman–Crippen LogP) is 4.59. The van der Waals surface area contributed by atoms with Gasteiger partial charge in [0, 0.05) is 12.1 Å². The first kappa shape index (κ1) is 23.9. The van der Waals surface area contributed by atoms with Gasteiger partial charge in [-0.15, -0.1) is 13.2 Å². The number of amides is 1. The minimum absolute atomic E-state index is 0.0898. The third-order valence-electron chi connectivity index (χ3n) is 5.02. The van der Waals surface area contributed by atoms with Gasteiger partial charge < -0.3 is 10.1 Å². The Hall–Kier alpha value is -2.76.